The molecular weight excluding hydrogens is 304 g/mol. The summed E-state index contributed by atoms with van der Waals surface area (Å²) in [5.74, 6) is 0.472. The normalized spacial score (nSPS) is 15.0. The van der Waals surface area contributed by atoms with Gasteiger partial charge >= 0.3 is 0 Å². The first-order valence-corrected chi connectivity index (χ1v) is 9.99. The molecule has 0 unspecified atom stereocenters. The van der Waals surface area contributed by atoms with Gasteiger partial charge in [0.15, 0.2) is 9.84 Å². The molecule has 0 aromatic heterocycles. The summed E-state index contributed by atoms with van der Waals surface area (Å²) in [6.45, 7) is 11.0. The Kier molecular flexibility index (Phi) is 5.43. The highest BCUT2D eigenvalue weighted by Crippen LogP contribution is 2.22. The first-order chi connectivity index (χ1) is 9.33. The van der Waals surface area contributed by atoms with Gasteiger partial charge in [-0.2, -0.15) is 0 Å². The summed E-state index contributed by atoms with van der Waals surface area (Å²) in [5.41, 5.74) is 1.68. The summed E-state index contributed by atoms with van der Waals surface area (Å²) in [7, 11) is -4.19. The molecule has 0 aliphatic carbocycles. The fourth-order valence-corrected chi connectivity index (χ4v) is 3.58. The van der Waals surface area contributed by atoms with Gasteiger partial charge in [-0.1, -0.05) is 24.3 Å². The molecule has 1 atom stereocenters. The highest BCUT2D eigenvalue weighted by atomic mass is 32.2. The number of benzene rings is 1. The second kappa shape index (κ2) is 6.21. The first-order valence-electron chi connectivity index (χ1n) is 7.01. The Hall–Kier alpha value is -0.680. The Morgan fingerprint density at radius 1 is 1.00 bits per heavy atom. The zero-order chi connectivity index (χ0) is 16.5. The van der Waals surface area contributed by atoms with Crippen molar-refractivity contribution in [3.05, 3.63) is 35.4 Å². The quantitative estimate of drug-likeness (QED) is 0.849. The Balaban J connectivity index is 2.95. The van der Waals surface area contributed by atoms with Gasteiger partial charge in [0.1, 0.15) is 0 Å². The van der Waals surface area contributed by atoms with Crippen LogP contribution in [0.1, 0.15) is 52.7 Å². The zero-order valence-electron chi connectivity index (χ0n) is 13.8. The molecule has 0 N–H and O–H groups in total. The van der Waals surface area contributed by atoms with Gasteiger partial charge in [0.2, 0.25) is 0 Å². The number of rotatable bonds is 4. The molecule has 0 radical (unpaired) electrons. The van der Waals surface area contributed by atoms with Crippen molar-refractivity contribution < 1.29 is 12.6 Å². The first kappa shape index (κ1) is 18.4. The van der Waals surface area contributed by atoms with Crippen molar-refractivity contribution in [2.75, 3.05) is 0 Å². The molecule has 0 saturated heterocycles. The maximum Gasteiger partial charge on any atom is 0.159 e. The van der Waals surface area contributed by atoms with E-state index < -0.39 is 25.4 Å². The lowest BCUT2D eigenvalue weighted by atomic mass is 10.2. The highest BCUT2D eigenvalue weighted by molar-refractivity contribution is 7.92. The van der Waals surface area contributed by atoms with E-state index in [0.29, 0.717) is 5.75 Å². The third-order valence-corrected chi connectivity index (χ3v) is 7.80. The Labute approximate surface area is 131 Å². The molecule has 0 bridgehead atoms. The van der Waals surface area contributed by atoms with E-state index in [1.165, 1.54) is 0 Å². The SMILES string of the molecule is CC(C)(C)[S@](=O)Cc1cccc(CS(=O)(=O)C(C)(C)C)c1. The lowest BCUT2D eigenvalue weighted by Gasteiger charge is -2.20. The second-order valence-corrected chi connectivity index (χ2v) is 12.2. The summed E-state index contributed by atoms with van der Waals surface area (Å²) in [6, 6.07) is 7.40. The van der Waals surface area contributed by atoms with Crippen LogP contribution in [0.25, 0.3) is 0 Å². The van der Waals surface area contributed by atoms with Crippen LogP contribution in [0.3, 0.4) is 0 Å². The minimum Gasteiger partial charge on any atom is -0.259 e. The lowest BCUT2D eigenvalue weighted by molar-refractivity contribution is 0.559. The molecule has 0 aliphatic heterocycles. The Morgan fingerprint density at radius 3 is 2.00 bits per heavy atom. The topological polar surface area (TPSA) is 51.2 Å². The van der Waals surface area contributed by atoms with Gasteiger partial charge in [-0.25, -0.2) is 8.42 Å². The number of hydrogen-bond donors (Lipinski definition) is 0. The molecule has 0 saturated carbocycles. The van der Waals surface area contributed by atoms with Crippen molar-refractivity contribution in [2.45, 2.75) is 62.5 Å². The Morgan fingerprint density at radius 2 is 1.52 bits per heavy atom. The molecule has 3 nitrogen and oxygen atoms in total. The van der Waals surface area contributed by atoms with Gasteiger partial charge in [-0.05, 0) is 52.7 Å². The van der Waals surface area contributed by atoms with Crippen LogP contribution in [0.5, 0.6) is 0 Å². The van der Waals surface area contributed by atoms with Crippen molar-refractivity contribution in [3.63, 3.8) is 0 Å². The van der Waals surface area contributed by atoms with E-state index in [2.05, 4.69) is 0 Å². The van der Waals surface area contributed by atoms with Crippen LogP contribution in [0, 0.1) is 0 Å². The fourth-order valence-electron chi connectivity index (χ4n) is 1.61. The molecular formula is C16H26O3S2. The average molecular weight is 331 g/mol. The molecule has 0 aliphatic rings. The van der Waals surface area contributed by atoms with Crippen LogP contribution in [0.15, 0.2) is 24.3 Å². The van der Waals surface area contributed by atoms with E-state index in [9.17, 15) is 12.6 Å². The third kappa shape index (κ3) is 5.22. The monoisotopic (exact) mass is 330 g/mol. The van der Waals surface area contributed by atoms with Gasteiger partial charge in [0, 0.05) is 21.3 Å². The summed E-state index contributed by atoms with van der Waals surface area (Å²) in [5, 5.41) is 0. The lowest BCUT2D eigenvalue weighted by Crippen LogP contribution is -2.29. The van der Waals surface area contributed by atoms with Crippen molar-refractivity contribution in [1.82, 2.24) is 0 Å². The van der Waals surface area contributed by atoms with Gasteiger partial charge in [0.25, 0.3) is 0 Å². The second-order valence-electron chi connectivity index (χ2n) is 7.29. The molecule has 120 valence electrons. The van der Waals surface area contributed by atoms with Crippen LogP contribution in [-0.4, -0.2) is 22.1 Å². The van der Waals surface area contributed by atoms with Crippen LogP contribution >= 0.6 is 0 Å². The molecule has 1 aromatic carbocycles. The van der Waals surface area contributed by atoms with E-state index in [1.807, 2.05) is 45.0 Å². The van der Waals surface area contributed by atoms with Crippen molar-refractivity contribution in [3.8, 4) is 0 Å². The predicted octanol–water partition coefficient (Wildman–Crippen LogP) is 3.45. The third-order valence-electron chi connectivity index (χ3n) is 3.26. The Bertz CT molecular complexity index is 618. The van der Waals surface area contributed by atoms with Crippen molar-refractivity contribution in [1.29, 1.82) is 0 Å². The van der Waals surface area contributed by atoms with Gasteiger partial charge < -0.3 is 0 Å². The molecule has 0 fully saturated rings. The maximum absolute atomic E-state index is 12.3. The predicted molar refractivity (Wildman–Crippen MR) is 90.4 cm³/mol. The number of sulfone groups is 1. The van der Waals surface area contributed by atoms with Crippen LogP contribution in [0.4, 0.5) is 0 Å². The summed E-state index contributed by atoms with van der Waals surface area (Å²) in [6.07, 6.45) is 0. The smallest absolute Gasteiger partial charge is 0.159 e. The van der Waals surface area contributed by atoms with Gasteiger partial charge in [-0.3, -0.25) is 4.21 Å². The molecule has 1 rings (SSSR count). The van der Waals surface area contributed by atoms with Crippen LogP contribution < -0.4 is 0 Å². The van der Waals surface area contributed by atoms with Gasteiger partial charge in [-0.15, -0.1) is 0 Å². The van der Waals surface area contributed by atoms with E-state index in [-0.39, 0.29) is 10.5 Å². The molecule has 21 heavy (non-hydrogen) atoms. The highest BCUT2D eigenvalue weighted by Gasteiger charge is 2.29. The van der Waals surface area contributed by atoms with Crippen molar-refractivity contribution in [2.24, 2.45) is 0 Å². The van der Waals surface area contributed by atoms with E-state index in [4.69, 9.17) is 0 Å². The molecule has 0 spiro atoms. The standard InChI is InChI=1S/C16H26O3S2/c1-15(2,3)20(17)11-13-8-7-9-14(10-13)12-21(18,19)16(4,5)6/h7-10H,11-12H2,1-6H3/t20-/m1/s1. The summed E-state index contributed by atoms with van der Waals surface area (Å²) in [4.78, 5) is 0. The summed E-state index contributed by atoms with van der Waals surface area (Å²) < 4.78 is 35.7. The van der Waals surface area contributed by atoms with Crippen LogP contribution in [0.2, 0.25) is 0 Å². The maximum atomic E-state index is 12.3. The average Bonchev–Trinajstić information content (AvgIpc) is 2.25. The minimum absolute atomic E-state index is 0.0203. The zero-order valence-corrected chi connectivity index (χ0v) is 15.4. The molecule has 5 heteroatoms. The molecule has 1 aromatic rings. The van der Waals surface area contributed by atoms with E-state index in [1.54, 1.807) is 20.8 Å². The van der Waals surface area contributed by atoms with E-state index in [0.717, 1.165) is 11.1 Å². The van der Waals surface area contributed by atoms with E-state index >= 15 is 0 Å². The number of hydrogen-bond acceptors (Lipinski definition) is 3. The molecule has 0 amide bonds. The minimum atomic E-state index is -3.20. The van der Waals surface area contributed by atoms with Crippen molar-refractivity contribution >= 4 is 20.6 Å². The molecule has 0 heterocycles. The van der Waals surface area contributed by atoms with Crippen LogP contribution in [-0.2, 0) is 32.1 Å². The van der Waals surface area contributed by atoms with Gasteiger partial charge in [0.05, 0.1) is 10.5 Å². The largest absolute Gasteiger partial charge is 0.259 e. The summed E-state index contributed by atoms with van der Waals surface area (Å²) >= 11 is 0. The fraction of sp³-hybridized carbons (Fsp3) is 0.625.